The van der Waals surface area contributed by atoms with Crippen LogP contribution in [0.15, 0.2) is 0 Å². The third kappa shape index (κ3) is 26.3. The van der Waals surface area contributed by atoms with Crippen molar-refractivity contribution in [2.24, 2.45) is 0 Å². The summed E-state index contributed by atoms with van der Waals surface area (Å²) in [5.41, 5.74) is 0. The van der Waals surface area contributed by atoms with Crippen molar-refractivity contribution in [1.29, 1.82) is 0 Å². The van der Waals surface area contributed by atoms with Gasteiger partial charge in [-0.15, -0.1) is 0 Å². The first-order chi connectivity index (χ1) is 32.1. The lowest BCUT2D eigenvalue weighted by Crippen LogP contribution is -2.65. The Bertz CT molecular complexity index is 1120. The van der Waals surface area contributed by atoms with Gasteiger partial charge in [0, 0.05) is 6.42 Å². The number of nitrogens with one attached hydrogen (secondary N) is 1. The topological polar surface area (TPSA) is 228 Å². The number of hydrogen-bond donors (Lipinski definition) is 9. The number of aliphatic hydroxyl groups is 8. The highest BCUT2D eigenvalue weighted by molar-refractivity contribution is 5.76. The van der Waals surface area contributed by atoms with Crippen LogP contribution in [0.25, 0.3) is 0 Å². The van der Waals surface area contributed by atoms with Crippen LogP contribution in [0.1, 0.15) is 232 Å². The predicted molar refractivity (Wildman–Crippen MR) is 259 cm³/mol. The molecule has 14 nitrogen and oxygen atoms in total. The number of aliphatic hydroxyl groups excluding tert-OH is 8. The smallest absolute Gasteiger partial charge is 0.220 e. The highest BCUT2D eigenvalue weighted by atomic mass is 16.7. The number of ether oxygens (including phenoxy) is 4. The van der Waals surface area contributed by atoms with Gasteiger partial charge in [-0.3, -0.25) is 4.79 Å². The number of amides is 1. The van der Waals surface area contributed by atoms with E-state index < -0.39 is 86.8 Å². The largest absolute Gasteiger partial charge is 0.394 e. The molecule has 0 bridgehead atoms. The quantitative estimate of drug-likeness (QED) is 0.0267. The van der Waals surface area contributed by atoms with E-state index in [-0.39, 0.29) is 12.5 Å². The molecule has 2 heterocycles. The van der Waals surface area contributed by atoms with Gasteiger partial charge in [0.25, 0.3) is 0 Å². The molecule has 12 atom stereocenters. The van der Waals surface area contributed by atoms with Gasteiger partial charge in [0.2, 0.25) is 5.91 Å². The van der Waals surface area contributed by atoms with Crippen molar-refractivity contribution in [3.05, 3.63) is 0 Å². The van der Waals surface area contributed by atoms with Gasteiger partial charge in [0.05, 0.1) is 32.0 Å². The summed E-state index contributed by atoms with van der Waals surface area (Å²) in [6.45, 7) is 2.88. The molecule has 1 amide bonds. The van der Waals surface area contributed by atoms with E-state index >= 15 is 0 Å². The number of rotatable bonds is 43. The van der Waals surface area contributed by atoms with Gasteiger partial charge in [-0.1, -0.05) is 213 Å². The summed E-state index contributed by atoms with van der Waals surface area (Å²) in [5, 5.41) is 87.0. The third-order valence-corrected chi connectivity index (χ3v) is 13.8. The van der Waals surface area contributed by atoms with Crippen molar-refractivity contribution < 1.29 is 64.6 Å². The minimum absolute atomic E-state index is 0.202. The molecule has 0 spiro atoms. The monoisotopic (exact) mass is 948 g/mol. The average Bonchev–Trinajstić information content (AvgIpc) is 3.31. The van der Waals surface area contributed by atoms with E-state index in [2.05, 4.69) is 19.2 Å². The molecular formula is C52H101NO13. The molecule has 0 radical (unpaired) electrons. The van der Waals surface area contributed by atoms with Gasteiger partial charge >= 0.3 is 0 Å². The maximum Gasteiger partial charge on any atom is 0.220 e. The molecule has 2 aliphatic rings. The first-order valence-electron chi connectivity index (χ1n) is 27.3. The molecule has 2 fully saturated rings. The molecule has 392 valence electrons. The number of carbonyl (C=O) groups excluding carboxylic acids is 1. The lowest BCUT2D eigenvalue weighted by atomic mass is 9.97. The zero-order chi connectivity index (χ0) is 48.2. The van der Waals surface area contributed by atoms with Crippen LogP contribution in [0.2, 0.25) is 0 Å². The first-order valence-corrected chi connectivity index (χ1v) is 27.3. The molecule has 66 heavy (non-hydrogen) atoms. The molecule has 0 saturated carbocycles. The van der Waals surface area contributed by atoms with Gasteiger partial charge in [-0.2, -0.15) is 0 Å². The van der Waals surface area contributed by atoms with E-state index in [0.29, 0.717) is 12.8 Å². The summed E-state index contributed by atoms with van der Waals surface area (Å²) in [6, 6.07) is -0.821. The van der Waals surface area contributed by atoms with Gasteiger partial charge < -0.3 is 65.1 Å². The van der Waals surface area contributed by atoms with Crippen LogP contribution in [-0.4, -0.2) is 140 Å². The van der Waals surface area contributed by atoms with Crippen LogP contribution in [0.4, 0.5) is 0 Å². The molecule has 0 aromatic carbocycles. The molecule has 2 rings (SSSR count). The summed E-state index contributed by atoms with van der Waals surface area (Å²) in [6.07, 6.45) is 23.8. The van der Waals surface area contributed by atoms with Gasteiger partial charge in [-0.05, 0) is 12.8 Å². The summed E-state index contributed by atoms with van der Waals surface area (Å²) < 4.78 is 22.8. The molecule has 14 heteroatoms. The Balaban J connectivity index is 1.80. The molecule has 2 saturated heterocycles. The van der Waals surface area contributed by atoms with E-state index in [9.17, 15) is 45.6 Å². The van der Waals surface area contributed by atoms with Gasteiger partial charge in [-0.25, -0.2) is 0 Å². The number of hydrogen-bond acceptors (Lipinski definition) is 13. The average molecular weight is 948 g/mol. The van der Waals surface area contributed by atoms with Crippen molar-refractivity contribution in [3.63, 3.8) is 0 Å². The number of unbranched alkanes of at least 4 members (excludes halogenated alkanes) is 30. The molecule has 0 aliphatic carbocycles. The zero-order valence-electron chi connectivity index (χ0n) is 41.7. The van der Waals surface area contributed by atoms with Crippen LogP contribution in [0.5, 0.6) is 0 Å². The first kappa shape index (κ1) is 61.1. The standard InChI is InChI=1S/C52H101NO13/c1-3-5-7-9-11-13-15-17-19-21-23-25-27-29-31-33-35-41(56)40(53-44(57)36-34-32-30-28-26-24-22-20-18-16-14-12-10-8-6-4-2)39-63-51-49(62)47(60)50(43(38-55)65-51)66-52-48(61)46(59)45(58)42(37-54)64-52/h40-43,45-52,54-56,58-62H,3-39H2,1-2H3,(H,53,57). The normalized spacial score (nSPS) is 26.7. The molecule has 12 unspecified atom stereocenters. The van der Waals surface area contributed by atoms with Crippen molar-refractivity contribution in [1.82, 2.24) is 5.32 Å². The fraction of sp³-hybridized carbons (Fsp3) is 0.981. The Morgan fingerprint density at radius 3 is 1.29 bits per heavy atom. The number of carbonyl (C=O) groups is 1. The second-order valence-electron chi connectivity index (χ2n) is 19.7. The minimum atomic E-state index is -1.78. The lowest BCUT2D eigenvalue weighted by Gasteiger charge is -2.46. The fourth-order valence-electron chi connectivity index (χ4n) is 9.36. The van der Waals surface area contributed by atoms with Crippen LogP contribution >= 0.6 is 0 Å². The minimum Gasteiger partial charge on any atom is -0.394 e. The maximum absolute atomic E-state index is 13.2. The Labute approximate surface area is 400 Å². The highest BCUT2D eigenvalue weighted by Gasteiger charge is 2.51. The fourth-order valence-corrected chi connectivity index (χ4v) is 9.36. The van der Waals surface area contributed by atoms with Crippen molar-refractivity contribution >= 4 is 5.91 Å². The molecular weight excluding hydrogens is 847 g/mol. The summed E-state index contributed by atoms with van der Waals surface area (Å²) in [5.74, 6) is -0.202. The van der Waals surface area contributed by atoms with Gasteiger partial charge in [0.15, 0.2) is 12.6 Å². The molecule has 9 N–H and O–H groups in total. The van der Waals surface area contributed by atoms with E-state index in [0.717, 1.165) is 51.4 Å². The summed E-state index contributed by atoms with van der Waals surface area (Å²) in [7, 11) is 0. The predicted octanol–water partition coefficient (Wildman–Crippen LogP) is 7.78. The molecule has 2 aliphatic heterocycles. The van der Waals surface area contributed by atoms with E-state index in [1.54, 1.807) is 0 Å². The Morgan fingerprint density at radius 2 is 0.864 bits per heavy atom. The van der Waals surface area contributed by atoms with Crippen molar-refractivity contribution in [2.45, 2.75) is 306 Å². The van der Waals surface area contributed by atoms with E-state index in [1.807, 2.05) is 0 Å². The van der Waals surface area contributed by atoms with Crippen LogP contribution in [-0.2, 0) is 23.7 Å². The van der Waals surface area contributed by atoms with Crippen molar-refractivity contribution in [2.75, 3.05) is 19.8 Å². The summed E-state index contributed by atoms with van der Waals surface area (Å²) in [4.78, 5) is 13.2. The Morgan fingerprint density at radius 1 is 0.485 bits per heavy atom. The van der Waals surface area contributed by atoms with Gasteiger partial charge in [0.1, 0.15) is 48.8 Å². The second kappa shape index (κ2) is 39.7. The Hall–Kier alpha value is -1.01. The van der Waals surface area contributed by atoms with Crippen molar-refractivity contribution in [3.8, 4) is 0 Å². The summed E-state index contributed by atoms with van der Waals surface area (Å²) >= 11 is 0. The zero-order valence-corrected chi connectivity index (χ0v) is 41.7. The van der Waals surface area contributed by atoms with E-state index in [4.69, 9.17) is 18.9 Å². The second-order valence-corrected chi connectivity index (χ2v) is 19.7. The maximum atomic E-state index is 13.2. The molecule has 0 aromatic rings. The van der Waals surface area contributed by atoms with Crippen LogP contribution < -0.4 is 5.32 Å². The van der Waals surface area contributed by atoms with E-state index in [1.165, 1.54) is 154 Å². The highest BCUT2D eigenvalue weighted by Crippen LogP contribution is 2.30. The van der Waals surface area contributed by atoms with Crippen LogP contribution in [0.3, 0.4) is 0 Å². The molecule has 0 aromatic heterocycles. The van der Waals surface area contributed by atoms with Crippen LogP contribution in [0, 0.1) is 0 Å². The Kier molecular flexibility index (Phi) is 36.7. The third-order valence-electron chi connectivity index (χ3n) is 13.8. The SMILES string of the molecule is CCCCCCCCCCCCCCCCCCC(=O)NC(COC1OC(CO)C(OC2OC(CO)C(O)C(O)C2O)C(O)C1O)C(O)CCCCCCCCCCCCCCCCCC. The lowest BCUT2D eigenvalue weighted by molar-refractivity contribution is -0.359.